The number of hydrogen-bond acceptors (Lipinski definition) is 4. The number of hydrogen-bond donors (Lipinski definition) is 2. The number of alkyl halides is 3. The molecule has 0 radical (unpaired) electrons. The van der Waals surface area contributed by atoms with E-state index in [0.29, 0.717) is 12.0 Å². The first kappa shape index (κ1) is 16.3. The Morgan fingerprint density at radius 3 is 2.10 bits per heavy atom. The molecule has 4 nitrogen and oxygen atoms in total. The second-order valence-electron chi connectivity index (χ2n) is 6.23. The summed E-state index contributed by atoms with van der Waals surface area (Å²) in [6.45, 7) is 2.77. The Kier molecular flexibility index (Phi) is 4.35. The lowest BCUT2D eigenvalue weighted by molar-refractivity contribution is -0.302. The Labute approximate surface area is 120 Å². The van der Waals surface area contributed by atoms with Gasteiger partial charge in [0.1, 0.15) is 0 Å². The molecule has 3 atom stereocenters. The van der Waals surface area contributed by atoms with Crippen molar-refractivity contribution >= 4 is 5.97 Å². The van der Waals surface area contributed by atoms with Crippen molar-refractivity contribution in [3.8, 4) is 0 Å². The average Bonchev–Trinajstić information content (AvgIpc) is 2.33. The van der Waals surface area contributed by atoms with E-state index in [1.807, 2.05) is 0 Å². The quantitative estimate of drug-likeness (QED) is 0.575. The molecule has 0 aromatic rings. The molecule has 21 heavy (non-hydrogen) atoms. The van der Waals surface area contributed by atoms with Gasteiger partial charge < -0.3 is 14.9 Å². The molecule has 7 heteroatoms. The van der Waals surface area contributed by atoms with E-state index in [1.165, 1.54) is 19.3 Å². The van der Waals surface area contributed by atoms with E-state index >= 15 is 0 Å². The van der Waals surface area contributed by atoms with Gasteiger partial charge >= 0.3 is 12.3 Å². The molecular weight excluding hydrogens is 289 g/mol. The van der Waals surface area contributed by atoms with Gasteiger partial charge in [-0.2, -0.15) is 0 Å². The Morgan fingerprint density at radius 2 is 1.76 bits per heavy atom. The highest BCUT2D eigenvalue weighted by atomic mass is 19.4. The van der Waals surface area contributed by atoms with Gasteiger partial charge in [-0.3, -0.25) is 0 Å². The van der Waals surface area contributed by atoms with E-state index in [-0.39, 0.29) is 0 Å². The first-order valence-electron chi connectivity index (χ1n) is 6.95. The lowest BCUT2D eigenvalue weighted by Crippen LogP contribution is -2.60. The monoisotopic (exact) mass is 308 g/mol. The van der Waals surface area contributed by atoms with Crippen molar-refractivity contribution in [2.45, 2.75) is 50.2 Å². The molecular formula is C14H19F3O4. The van der Waals surface area contributed by atoms with Crippen molar-refractivity contribution in [3.63, 3.8) is 0 Å². The molecule has 0 saturated heterocycles. The molecule has 0 aromatic carbocycles. The fraction of sp³-hybridized carbons (Fsp3) is 0.786. The SMILES string of the molecule is C=CC(=O)OC(F)(F)F.OC1C2CC3CC(C2)CC1(O)C3. The fourth-order valence-corrected chi connectivity index (χ4v) is 4.13. The zero-order valence-electron chi connectivity index (χ0n) is 11.5. The van der Waals surface area contributed by atoms with Gasteiger partial charge in [-0.25, -0.2) is 4.79 Å². The number of carbonyl (C=O) groups excluding carboxylic acids is 1. The van der Waals surface area contributed by atoms with Crippen LogP contribution in [-0.4, -0.2) is 34.2 Å². The molecule has 2 N–H and O–H groups in total. The maximum atomic E-state index is 11.0. The molecule has 4 bridgehead atoms. The van der Waals surface area contributed by atoms with Crippen molar-refractivity contribution in [1.29, 1.82) is 0 Å². The number of carbonyl (C=O) groups is 1. The normalized spacial score (nSPS) is 40.2. The van der Waals surface area contributed by atoms with E-state index in [4.69, 9.17) is 0 Å². The first-order chi connectivity index (χ1) is 9.63. The number of aliphatic hydroxyl groups is 2. The van der Waals surface area contributed by atoms with Crippen LogP contribution in [0.2, 0.25) is 0 Å². The molecule has 4 aliphatic rings. The van der Waals surface area contributed by atoms with Crippen molar-refractivity contribution in [1.82, 2.24) is 0 Å². The van der Waals surface area contributed by atoms with Gasteiger partial charge in [0.15, 0.2) is 0 Å². The van der Waals surface area contributed by atoms with Crippen LogP contribution in [-0.2, 0) is 9.53 Å². The molecule has 0 aromatic heterocycles. The predicted molar refractivity (Wildman–Crippen MR) is 66.9 cm³/mol. The minimum absolute atomic E-state index is 0.412. The van der Waals surface area contributed by atoms with Crippen molar-refractivity contribution in [2.24, 2.45) is 17.8 Å². The standard InChI is InChI=1S/C10H16O2.C4H3F3O2/c11-9-8-2-6-1-7(3-8)5-10(9,12)4-6;1-2-3(8)9-4(5,6)7/h6-9,11-12H,1-5H2;2H,1H2. The molecule has 4 aliphatic carbocycles. The average molecular weight is 308 g/mol. The van der Waals surface area contributed by atoms with Crippen LogP contribution >= 0.6 is 0 Å². The summed E-state index contributed by atoms with van der Waals surface area (Å²) < 4.78 is 35.8. The van der Waals surface area contributed by atoms with Crippen molar-refractivity contribution < 1.29 is 32.9 Å². The number of aliphatic hydroxyl groups excluding tert-OH is 1. The van der Waals surface area contributed by atoms with E-state index in [0.717, 1.165) is 24.7 Å². The highest BCUT2D eigenvalue weighted by Crippen LogP contribution is 2.55. The molecule has 3 unspecified atom stereocenters. The third-order valence-corrected chi connectivity index (χ3v) is 4.60. The largest absolute Gasteiger partial charge is 0.575 e. The van der Waals surface area contributed by atoms with E-state index in [1.54, 1.807) is 0 Å². The van der Waals surface area contributed by atoms with Gasteiger partial charge in [-0.15, -0.1) is 13.2 Å². The summed E-state index contributed by atoms with van der Waals surface area (Å²) in [6.07, 6.45) is 0.498. The first-order valence-corrected chi connectivity index (χ1v) is 6.95. The molecule has 120 valence electrons. The van der Waals surface area contributed by atoms with Crippen LogP contribution in [0.15, 0.2) is 12.7 Å². The van der Waals surface area contributed by atoms with Crippen LogP contribution in [0.25, 0.3) is 0 Å². The highest BCUT2D eigenvalue weighted by molar-refractivity contribution is 5.81. The summed E-state index contributed by atoms with van der Waals surface area (Å²) in [5.74, 6) is 0.357. The minimum Gasteiger partial charge on any atom is -0.390 e. The minimum atomic E-state index is -4.90. The molecule has 4 saturated carbocycles. The summed E-state index contributed by atoms with van der Waals surface area (Å²) in [5, 5.41) is 20.0. The molecule has 4 rings (SSSR count). The van der Waals surface area contributed by atoms with E-state index < -0.39 is 24.0 Å². The smallest absolute Gasteiger partial charge is 0.390 e. The second-order valence-corrected chi connectivity index (χ2v) is 6.23. The maximum absolute atomic E-state index is 11.0. The Hall–Kier alpha value is -1.08. The van der Waals surface area contributed by atoms with Gasteiger partial charge in [0.25, 0.3) is 0 Å². The number of ether oxygens (including phenoxy) is 1. The van der Waals surface area contributed by atoms with Gasteiger partial charge in [0.2, 0.25) is 0 Å². The second kappa shape index (κ2) is 5.61. The number of esters is 1. The summed E-state index contributed by atoms with van der Waals surface area (Å²) in [7, 11) is 0. The van der Waals surface area contributed by atoms with Gasteiger partial charge in [-0.1, -0.05) is 6.58 Å². The lowest BCUT2D eigenvalue weighted by atomic mass is 9.53. The van der Waals surface area contributed by atoms with Crippen LogP contribution in [0.3, 0.4) is 0 Å². The summed E-state index contributed by atoms with van der Waals surface area (Å²) in [4.78, 5) is 9.77. The third kappa shape index (κ3) is 3.77. The lowest BCUT2D eigenvalue weighted by Gasteiger charge is -2.57. The van der Waals surface area contributed by atoms with Crippen LogP contribution < -0.4 is 0 Å². The molecule has 0 amide bonds. The van der Waals surface area contributed by atoms with Gasteiger partial charge in [-0.05, 0) is 49.9 Å². The van der Waals surface area contributed by atoms with Crippen LogP contribution in [0, 0.1) is 17.8 Å². The highest BCUT2D eigenvalue weighted by Gasteiger charge is 2.55. The third-order valence-electron chi connectivity index (χ3n) is 4.60. The summed E-state index contributed by atoms with van der Waals surface area (Å²) >= 11 is 0. The summed E-state index contributed by atoms with van der Waals surface area (Å²) in [6, 6.07) is 0. The Balaban J connectivity index is 0.000000163. The number of rotatable bonds is 1. The zero-order chi connectivity index (χ0) is 15.8. The Morgan fingerprint density at radius 1 is 1.24 bits per heavy atom. The molecule has 4 fully saturated rings. The Bertz CT molecular complexity index is 407. The summed E-state index contributed by atoms with van der Waals surface area (Å²) in [5.41, 5.74) is -0.686. The molecule has 0 spiro atoms. The van der Waals surface area contributed by atoms with Crippen molar-refractivity contribution in [3.05, 3.63) is 12.7 Å². The van der Waals surface area contributed by atoms with Crippen molar-refractivity contribution in [2.75, 3.05) is 0 Å². The van der Waals surface area contributed by atoms with E-state index in [2.05, 4.69) is 11.3 Å². The van der Waals surface area contributed by atoms with Crippen LogP contribution in [0.5, 0.6) is 0 Å². The zero-order valence-corrected chi connectivity index (χ0v) is 11.5. The maximum Gasteiger partial charge on any atom is 0.575 e. The van der Waals surface area contributed by atoms with Gasteiger partial charge in [0, 0.05) is 6.08 Å². The van der Waals surface area contributed by atoms with Crippen LogP contribution in [0.1, 0.15) is 32.1 Å². The fourth-order valence-electron chi connectivity index (χ4n) is 4.13. The topological polar surface area (TPSA) is 66.8 Å². The molecule has 0 heterocycles. The predicted octanol–water partition coefficient (Wildman–Crippen LogP) is 2.15. The van der Waals surface area contributed by atoms with Gasteiger partial charge in [0.05, 0.1) is 11.7 Å². The van der Waals surface area contributed by atoms with E-state index in [9.17, 15) is 28.2 Å². The number of halogens is 3. The van der Waals surface area contributed by atoms with Crippen LogP contribution in [0.4, 0.5) is 13.2 Å². The molecule has 0 aliphatic heterocycles.